The van der Waals surface area contributed by atoms with Crippen LogP contribution >= 0.6 is 0 Å². The van der Waals surface area contributed by atoms with Crippen molar-refractivity contribution in [1.82, 2.24) is 19.5 Å². The molecule has 0 atom stereocenters. The third kappa shape index (κ3) is 5.67. The molecule has 0 aliphatic carbocycles. The Hall–Kier alpha value is -3.63. The number of aromatic nitrogens is 4. The van der Waals surface area contributed by atoms with Crippen molar-refractivity contribution in [3.05, 3.63) is 59.7 Å². The second-order valence-electron chi connectivity index (χ2n) is 6.00. The monoisotopic (exact) mass is 409 g/mol. The molecule has 154 valence electrons. The summed E-state index contributed by atoms with van der Waals surface area (Å²) in [7, 11) is 0. The van der Waals surface area contributed by atoms with Crippen molar-refractivity contribution in [3.63, 3.8) is 0 Å². The van der Waals surface area contributed by atoms with Crippen LogP contribution in [0.3, 0.4) is 0 Å². The molecule has 1 amide bonds. The number of carboxylic acid groups (broad SMARTS) is 1. The fourth-order valence-electron chi connectivity index (χ4n) is 2.18. The number of carbonyl (C=O) groups excluding carboxylic acids is 1. The van der Waals surface area contributed by atoms with Crippen LogP contribution in [0.2, 0.25) is 0 Å². The molecule has 0 aliphatic heterocycles. The van der Waals surface area contributed by atoms with Gasteiger partial charge in [-0.1, -0.05) is 0 Å². The summed E-state index contributed by atoms with van der Waals surface area (Å²) in [6, 6.07) is 7.60. The average molecular weight is 409 g/mol. The lowest BCUT2D eigenvalue weighted by molar-refractivity contribution is -0.192. The summed E-state index contributed by atoms with van der Waals surface area (Å²) >= 11 is 0. The molecule has 0 spiro atoms. The second-order valence-corrected chi connectivity index (χ2v) is 6.00. The highest BCUT2D eigenvalue weighted by Gasteiger charge is 2.38. The number of aromatic amines is 1. The van der Waals surface area contributed by atoms with Gasteiger partial charge < -0.3 is 20.0 Å². The van der Waals surface area contributed by atoms with E-state index in [2.05, 4.69) is 20.3 Å². The van der Waals surface area contributed by atoms with Gasteiger partial charge in [0.05, 0.1) is 12.0 Å². The summed E-state index contributed by atoms with van der Waals surface area (Å²) in [4.78, 5) is 32.1. The molecular formula is C18H18F3N5O3. The number of nitrogens with one attached hydrogen (secondary N) is 2. The first-order chi connectivity index (χ1) is 13.5. The van der Waals surface area contributed by atoms with Crippen LogP contribution in [0.15, 0.2) is 36.8 Å². The summed E-state index contributed by atoms with van der Waals surface area (Å²) in [6.07, 6.45) is -1.66. The van der Waals surface area contributed by atoms with Crippen LogP contribution in [0.5, 0.6) is 0 Å². The molecule has 2 heterocycles. The van der Waals surface area contributed by atoms with E-state index >= 15 is 0 Å². The highest BCUT2D eigenvalue weighted by atomic mass is 19.4. The number of imidazole rings is 2. The van der Waals surface area contributed by atoms with E-state index in [1.807, 2.05) is 49.6 Å². The summed E-state index contributed by atoms with van der Waals surface area (Å²) in [5.74, 6) is -2.70. The first kappa shape index (κ1) is 21.7. The van der Waals surface area contributed by atoms with Gasteiger partial charge in [0, 0.05) is 29.0 Å². The maximum atomic E-state index is 12.0. The van der Waals surface area contributed by atoms with Crippen molar-refractivity contribution in [2.24, 2.45) is 0 Å². The number of anilines is 1. The first-order valence-corrected chi connectivity index (χ1v) is 8.23. The lowest BCUT2D eigenvalue weighted by atomic mass is 10.2. The minimum Gasteiger partial charge on any atom is -0.475 e. The molecule has 3 N–H and O–H groups in total. The van der Waals surface area contributed by atoms with E-state index in [1.54, 1.807) is 12.5 Å². The van der Waals surface area contributed by atoms with Gasteiger partial charge in [-0.3, -0.25) is 4.79 Å². The van der Waals surface area contributed by atoms with Crippen molar-refractivity contribution in [1.29, 1.82) is 0 Å². The Morgan fingerprint density at radius 2 is 1.69 bits per heavy atom. The number of nitrogens with zero attached hydrogens (tertiary/aromatic N) is 3. The molecule has 29 heavy (non-hydrogen) atoms. The summed E-state index contributed by atoms with van der Waals surface area (Å²) in [5.41, 5.74) is 4.68. The van der Waals surface area contributed by atoms with Crippen molar-refractivity contribution in [3.8, 4) is 5.69 Å². The Morgan fingerprint density at radius 3 is 2.10 bits per heavy atom. The fraction of sp³-hybridized carbons (Fsp3) is 0.222. The topological polar surface area (TPSA) is 113 Å². The molecule has 8 nitrogen and oxygen atoms in total. The quantitative estimate of drug-likeness (QED) is 0.614. The maximum Gasteiger partial charge on any atom is 0.490 e. The van der Waals surface area contributed by atoms with Crippen LogP contribution in [0.4, 0.5) is 18.9 Å². The van der Waals surface area contributed by atoms with E-state index in [0.717, 1.165) is 28.5 Å². The van der Waals surface area contributed by atoms with Crippen LogP contribution in [0.25, 0.3) is 5.69 Å². The summed E-state index contributed by atoms with van der Waals surface area (Å²) in [6.45, 7) is 5.86. The van der Waals surface area contributed by atoms with Crippen LogP contribution in [-0.2, 0) is 4.79 Å². The summed E-state index contributed by atoms with van der Waals surface area (Å²) in [5, 5.41) is 9.94. The average Bonchev–Trinajstić information content (AvgIpc) is 3.22. The van der Waals surface area contributed by atoms with Gasteiger partial charge in [-0.25, -0.2) is 14.8 Å². The normalized spacial score (nSPS) is 10.8. The number of amides is 1. The second kappa shape index (κ2) is 8.59. The molecule has 1 aromatic carbocycles. The van der Waals surface area contributed by atoms with Gasteiger partial charge >= 0.3 is 12.1 Å². The summed E-state index contributed by atoms with van der Waals surface area (Å²) < 4.78 is 33.7. The van der Waals surface area contributed by atoms with Crippen LogP contribution in [0.1, 0.15) is 27.7 Å². The smallest absolute Gasteiger partial charge is 0.475 e. The Kier molecular flexibility index (Phi) is 6.42. The predicted octanol–water partition coefficient (Wildman–Crippen LogP) is 3.41. The van der Waals surface area contributed by atoms with Crippen molar-refractivity contribution < 1.29 is 27.9 Å². The largest absolute Gasteiger partial charge is 0.490 e. The van der Waals surface area contributed by atoms with Crippen molar-refractivity contribution in [2.45, 2.75) is 26.9 Å². The number of rotatable bonds is 3. The van der Waals surface area contributed by atoms with E-state index in [-0.39, 0.29) is 5.91 Å². The molecule has 3 rings (SSSR count). The third-order valence-corrected chi connectivity index (χ3v) is 3.82. The maximum absolute atomic E-state index is 12.0. The van der Waals surface area contributed by atoms with Crippen molar-refractivity contribution >= 4 is 17.6 Å². The van der Waals surface area contributed by atoms with Gasteiger partial charge in [0.2, 0.25) is 0 Å². The lowest BCUT2D eigenvalue weighted by Gasteiger charge is -2.08. The van der Waals surface area contributed by atoms with Crippen LogP contribution in [-0.4, -0.2) is 42.7 Å². The van der Waals surface area contributed by atoms with Gasteiger partial charge in [-0.05, 0) is 45.0 Å². The number of benzene rings is 1. The minimum absolute atomic E-state index is 0.254. The van der Waals surface area contributed by atoms with Gasteiger partial charge in [-0.15, -0.1) is 0 Å². The Balaban J connectivity index is 0.000000370. The standard InChI is InChI=1S/C16H17N5O.C2HF3O2/c1-10-8-17-15(19-10)16(22)20-13-4-6-14(7-5-13)21-9-18-11(2)12(21)3;3-2(4,5)1(6)7/h4-9H,1-3H3,(H,17,19)(H,20,22);(H,6,7). The lowest BCUT2D eigenvalue weighted by Crippen LogP contribution is -2.21. The fourth-order valence-corrected chi connectivity index (χ4v) is 2.18. The van der Waals surface area contributed by atoms with E-state index in [1.165, 1.54) is 0 Å². The molecule has 0 unspecified atom stereocenters. The van der Waals surface area contributed by atoms with Gasteiger partial charge in [-0.2, -0.15) is 13.2 Å². The molecule has 2 aromatic heterocycles. The predicted molar refractivity (Wildman–Crippen MR) is 98.0 cm³/mol. The van der Waals surface area contributed by atoms with E-state index in [9.17, 15) is 18.0 Å². The molecule has 0 fully saturated rings. The van der Waals surface area contributed by atoms with Crippen molar-refractivity contribution in [2.75, 3.05) is 5.32 Å². The van der Waals surface area contributed by atoms with Crippen LogP contribution < -0.4 is 5.32 Å². The Bertz CT molecular complexity index is 1010. The number of H-pyrrole nitrogens is 1. The minimum atomic E-state index is -5.08. The molecule has 0 saturated carbocycles. The Morgan fingerprint density at radius 1 is 1.10 bits per heavy atom. The number of carboxylic acids is 1. The number of aliphatic carboxylic acids is 1. The molecule has 3 aromatic rings. The number of aryl methyl sites for hydroxylation is 2. The SMILES string of the molecule is Cc1cnc(C(=O)Nc2ccc(-n3cnc(C)c3C)cc2)[nH]1.O=C(O)C(F)(F)F. The number of halogens is 3. The van der Waals surface area contributed by atoms with E-state index < -0.39 is 12.1 Å². The number of hydrogen-bond donors (Lipinski definition) is 3. The highest BCUT2D eigenvalue weighted by Crippen LogP contribution is 2.17. The third-order valence-electron chi connectivity index (χ3n) is 3.82. The highest BCUT2D eigenvalue weighted by molar-refractivity contribution is 6.01. The first-order valence-electron chi connectivity index (χ1n) is 8.23. The van der Waals surface area contributed by atoms with Gasteiger partial charge in [0.25, 0.3) is 5.91 Å². The zero-order chi connectivity index (χ0) is 21.8. The zero-order valence-electron chi connectivity index (χ0n) is 15.7. The van der Waals surface area contributed by atoms with Gasteiger partial charge in [0.1, 0.15) is 0 Å². The van der Waals surface area contributed by atoms with Gasteiger partial charge in [0.15, 0.2) is 5.82 Å². The molecule has 0 saturated heterocycles. The molecule has 0 bridgehead atoms. The van der Waals surface area contributed by atoms with E-state index in [0.29, 0.717) is 5.82 Å². The zero-order valence-corrected chi connectivity index (χ0v) is 15.7. The molecular weight excluding hydrogens is 391 g/mol. The molecule has 0 radical (unpaired) electrons. The molecule has 0 aliphatic rings. The number of alkyl halides is 3. The number of hydrogen-bond acceptors (Lipinski definition) is 4. The number of carbonyl (C=O) groups is 2. The van der Waals surface area contributed by atoms with Crippen LogP contribution in [0, 0.1) is 20.8 Å². The Labute approximate surface area is 163 Å². The van der Waals surface area contributed by atoms with E-state index in [4.69, 9.17) is 9.90 Å². The molecule has 11 heteroatoms.